The number of fused-ring (bicyclic) bond motifs is 1. The van der Waals surface area contributed by atoms with Crippen LogP contribution in [0.5, 0.6) is 0 Å². The summed E-state index contributed by atoms with van der Waals surface area (Å²) in [5, 5.41) is 0.630. The van der Waals surface area contributed by atoms with Gasteiger partial charge < -0.3 is 10.6 Å². The summed E-state index contributed by atoms with van der Waals surface area (Å²) >= 11 is 1.54. The van der Waals surface area contributed by atoms with Crippen molar-refractivity contribution in [1.82, 2.24) is 4.98 Å². The van der Waals surface area contributed by atoms with Crippen LogP contribution in [0.25, 0.3) is 10.2 Å². The van der Waals surface area contributed by atoms with Gasteiger partial charge in [-0.1, -0.05) is 36.5 Å². The van der Waals surface area contributed by atoms with Crippen LogP contribution in [0.3, 0.4) is 0 Å². The molecule has 0 saturated heterocycles. The highest BCUT2D eigenvalue weighted by Crippen LogP contribution is 2.25. The van der Waals surface area contributed by atoms with Crippen molar-refractivity contribution in [1.29, 1.82) is 0 Å². The highest BCUT2D eigenvalue weighted by Gasteiger charge is 2.05. The van der Waals surface area contributed by atoms with Gasteiger partial charge in [-0.3, -0.25) is 0 Å². The van der Waals surface area contributed by atoms with Crippen LogP contribution < -0.4 is 10.6 Å². The molecule has 0 bridgehead atoms. The third kappa shape index (κ3) is 3.00. The Morgan fingerprint density at radius 3 is 2.52 bits per heavy atom. The third-order valence-corrected chi connectivity index (χ3v) is 4.52. The van der Waals surface area contributed by atoms with E-state index in [2.05, 4.69) is 60.3 Å². The molecule has 0 saturated carbocycles. The van der Waals surface area contributed by atoms with Gasteiger partial charge in [0.05, 0.1) is 10.2 Å². The summed E-state index contributed by atoms with van der Waals surface area (Å²) in [6.45, 7) is 3.05. The maximum absolute atomic E-state index is 5.76. The molecule has 0 unspecified atom stereocenters. The van der Waals surface area contributed by atoms with Crippen LogP contribution in [0.15, 0.2) is 42.5 Å². The second-order valence-corrected chi connectivity index (χ2v) is 6.29. The van der Waals surface area contributed by atoms with Crippen molar-refractivity contribution in [3.05, 3.63) is 53.6 Å². The van der Waals surface area contributed by atoms with E-state index in [0.29, 0.717) is 5.13 Å². The van der Waals surface area contributed by atoms with E-state index in [1.54, 1.807) is 11.3 Å². The molecule has 0 fully saturated rings. The number of thiazole rings is 1. The van der Waals surface area contributed by atoms with Gasteiger partial charge in [0, 0.05) is 19.3 Å². The van der Waals surface area contributed by atoms with E-state index in [4.69, 9.17) is 5.73 Å². The molecule has 4 heteroatoms. The molecule has 2 N–H and O–H groups in total. The first-order chi connectivity index (χ1) is 10.2. The zero-order valence-electron chi connectivity index (χ0n) is 12.3. The number of anilines is 2. The number of rotatable bonds is 4. The van der Waals surface area contributed by atoms with Crippen LogP contribution in [-0.4, -0.2) is 12.0 Å². The van der Waals surface area contributed by atoms with Gasteiger partial charge >= 0.3 is 0 Å². The monoisotopic (exact) mass is 297 g/mol. The Balaban J connectivity index is 1.79. The number of nitrogens with zero attached hydrogens (tertiary/aromatic N) is 2. The number of hydrogen-bond donors (Lipinski definition) is 1. The van der Waals surface area contributed by atoms with E-state index in [1.807, 2.05) is 6.07 Å². The molecule has 1 heterocycles. The molecule has 0 aliphatic heterocycles. The van der Waals surface area contributed by atoms with Gasteiger partial charge in [0.2, 0.25) is 0 Å². The van der Waals surface area contributed by atoms with Crippen molar-refractivity contribution in [2.45, 2.75) is 19.9 Å². The number of nitrogen functional groups attached to an aromatic ring is 1. The maximum atomic E-state index is 5.76. The molecule has 108 valence electrons. The molecule has 3 rings (SSSR count). The number of hydrogen-bond acceptors (Lipinski definition) is 4. The molecule has 2 aromatic carbocycles. The molecule has 0 spiro atoms. The highest BCUT2D eigenvalue weighted by atomic mass is 32.1. The number of aryl methyl sites for hydroxylation is 1. The van der Waals surface area contributed by atoms with Gasteiger partial charge in [-0.15, -0.1) is 0 Å². The van der Waals surface area contributed by atoms with E-state index in [9.17, 15) is 0 Å². The molecule has 0 aliphatic rings. The molecule has 0 amide bonds. The smallest absolute Gasteiger partial charge is 0.181 e. The zero-order valence-corrected chi connectivity index (χ0v) is 13.2. The van der Waals surface area contributed by atoms with Crippen molar-refractivity contribution in [3.63, 3.8) is 0 Å². The minimum atomic E-state index is 0.630. The van der Waals surface area contributed by atoms with Crippen LogP contribution in [0.4, 0.5) is 10.8 Å². The number of benzene rings is 2. The van der Waals surface area contributed by atoms with Crippen molar-refractivity contribution in [2.75, 3.05) is 17.7 Å². The van der Waals surface area contributed by atoms with E-state index >= 15 is 0 Å². The van der Waals surface area contributed by atoms with Gasteiger partial charge in [-0.2, -0.15) is 0 Å². The van der Waals surface area contributed by atoms with E-state index in [-0.39, 0.29) is 0 Å². The summed E-state index contributed by atoms with van der Waals surface area (Å²) in [6.07, 6.45) is 1.08. The Morgan fingerprint density at radius 1 is 1.10 bits per heavy atom. The standard InChI is InChI=1S/C17H19N3S/c1-3-12-4-7-14(8-5-12)20(2)11-13-6-9-15-16(10-13)21-17(18)19-15/h4-10H,3,11H2,1-2H3,(H2,18,19). The number of nitrogens with two attached hydrogens (primary N) is 1. The second-order valence-electron chi connectivity index (χ2n) is 5.23. The normalized spacial score (nSPS) is 11.0. The summed E-state index contributed by atoms with van der Waals surface area (Å²) < 4.78 is 1.15. The van der Waals surface area contributed by atoms with Crippen LogP contribution in [0, 0.1) is 0 Å². The number of aromatic nitrogens is 1. The van der Waals surface area contributed by atoms with Crippen LogP contribution in [0.1, 0.15) is 18.1 Å². The Hall–Kier alpha value is -2.07. The quantitative estimate of drug-likeness (QED) is 0.789. The van der Waals surface area contributed by atoms with Crippen LogP contribution in [-0.2, 0) is 13.0 Å². The molecule has 0 aliphatic carbocycles. The Labute approximate surface area is 129 Å². The summed E-state index contributed by atoms with van der Waals surface area (Å²) in [7, 11) is 2.12. The van der Waals surface area contributed by atoms with Gasteiger partial charge in [0.1, 0.15) is 0 Å². The van der Waals surface area contributed by atoms with Crippen molar-refractivity contribution in [2.24, 2.45) is 0 Å². The largest absolute Gasteiger partial charge is 0.375 e. The predicted octanol–water partition coefficient (Wildman–Crippen LogP) is 4.08. The van der Waals surface area contributed by atoms with E-state index < -0.39 is 0 Å². The highest BCUT2D eigenvalue weighted by molar-refractivity contribution is 7.22. The lowest BCUT2D eigenvalue weighted by Crippen LogP contribution is -2.16. The molecule has 21 heavy (non-hydrogen) atoms. The van der Waals surface area contributed by atoms with Crippen molar-refractivity contribution < 1.29 is 0 Å². The minimum absolute atomic E-state index is 0.630. The summed E-state index contributed by atoms with van der Waals surface area (Å²) in [5.41, 5.74) is 10.6. The maximum Gasteiger partial charge on any atom is 0.181 e. The Bertz CT molecular complexity index is 746. The third-order valence-electron chi connectivity index (χ3n) is 3.67. The first-order valence-corrected chi connectivity index (χ1v) is 7.92. The molecule has 0 radical (unpaired) electrons. The molecule has 3 nitrogen and oxygen atoms in total. The lowest BCUT2D eigenvalue weighted by atomic mass is 10.1. The topological polar surface area (TPSA) is 42.2 Å². The SMILES string of the molecule is CCc1ccc(N(C)Cc2ccc3nc(N)sc3c2)cc1. The fourth-order valence-electron chi connectivity index (χ4n) is 2.44. The summed E-state index contributed by atoms with van der Waals surface area (Å²) in [4.78, 5) is 6.55. The Morgan fingerprint density at radius 2 is 1.81 bits per heavy atom. The predicted molar refractivity (Wildman–Crippen MR) is 92.0 cm³/mol. The zero-order chi connectivity index (χ0) is 14.8. The summed E-state index contributed by atoms with van der Waals surface area (Å²) in [6, 6.07) is 15.1. The fourth-order valence-corrected chi connectivity index (χ4v) is 3.23. The average Bonchev–Trinajstić information content (AvgIpc) is 2.86. The molecule has 0 atom stereocenters. The van der Waals surface area contributed by atoms with Crippen LogP contribution in [0.2, 0.25) is 0 Å². The minimum Gasteiger partial charge on any atom is -0.375 e. The van der Waals surface area contributed by atoms with Gasteiger partial charge in [-0.05, 0) is 41.8 Å². The van der Waals surface area contributed by atoms with Crippen molar-refractivity contribution in [3.8, 4) is 0 Å². The first-order valence-electron chi connectivity index (χ1n) is 7.10. The lowest BCUT2D eigenvalue weighted by molar-refractivity contribution is 0.923. The molecular formula is C17H19N3S. The summed E-state index contributed by atoms with van der Waals surface area (Å²) in [5.74, 6) is 0. The second kappa shape index (κ2) is 5.74. The Kier molecular flexibility index (Phi) is 3.80. The average molecular weight is 297 g/mol. The van der Waals surface area contributed by atoms with Crippen molar-refractivity contribution >= 4 is 32.4 Å². The van der Waals surface area contributed by atoms with Gasteiger partial charge in [0.15, 0.2) is 5.13 Å². The molecule has 1 aromatic heterocycles. The van der Waals surface area contributed by atoms with E-state index in [0.717, 1.165) is 23.2 Å². The molecular weight excluding hydrogens is 278 g/mol. The fraction of sp³-hybridized carbons (Fsp3) is 0.235. The lowest BCUT2D eigenvalue weighted by Gasteiger charge is -2.19. The van der Waals surface area contributed by atoms with Gasteiger partial charge in [-0.25, -0.2) is 4.98 Å². The molecule has 3 aromatic rings. The van der Waals surface area contributed by atoms with Gasteiger partial charge in [0.25, 0.3) is 0 Å². The first kappa shape index (κ1) is 13.9. The van der Waals surface area contributed by atoms with Crippen LogP contribution >= 0.6 is 11.3 Å². The van der Waals surface area contributed by atoms with E-state index in [1.165, 1.54) is 16.8 Å².